The molecule has 1 N–H and O–H groups in total. The molecule has 2 atom stereocenters. The second kappa shape index (κ2) is 7.09. The zero-order chi connectivity index (χ0) is 14.5. The van der Waals surface area contributed by atoms with E-state index in [1.54, 1.807) is 0 Å². The molecule has 0 radical (unpaired) electrons. The first-order valence-electron chi connectivity index (χ1n) is 7.68. The van der Waals surface area contributed by atoms with Crippen molar-refractivity contribution in [1.82, 2.24) is 5.32 Å². The molecule has 3 heteroatoms. The summed E-state index contributed by atoms with van der Waals surface area (Å²) in [6.45, 7) is 10.3. The Hall–Kier alpha value is -1.06. The van der Waals surface area contributed by atoms with Gasteiger partial charge in [-0.25, -0.2) is 0 Å². The molecule has 0 bridgehead atoms. The maximum absolute atomic E-state index is 5.95. The van der Waals surface area contributed by atoms with Gasteiger partial charge in [0.2, 0.25) is 0 Å². The molecule has 2 rings (SSSR count). The number of nitrogens with one attached hydrogen (secondary N) is 1. The van der Waals surface area contributed by atoms with E-state index in [1.165, 1.54) is 5.56 Å². The van der Waals surface area contributed by atoms with E-state index in [1.807, 2.05) is 19.9 Å². The van der Waals surface area contributed by atoms with Crippen LogP contribution in [0.2, 0.25) is 0 Å². The van der Waals surface area contributed by atoms with Crippen molar-refractivity contribution in [2.75, 3.05) is 13.2 Å². The van der Waals surface area contributed by atoms with Crippen LogP contribution in [0.5, 0.6) is 5.75 Å². The van der Waals surface area contributed by atoms with Gasteiger partial charge in [0.25, 0.3) is 0 Å². The van der Waals surface area contributed by atoms with Crippen molar-refractivity contribution >= 4 is 0 Å². The fourth-order valence-electron chi connectivity index (χ4n) is 2.64. The van der Waals surface area contributed by atoms with E-state index in [4.69, 9.17) is 9.47 Å². The standard InChI is InChI=1S/C17H27NO2/c1-12(2)18-11-15-8-9-19-17(15)14-6-5-7-16(10-14)20-13(3)4/h5-7,10,12-13,15,17-18H,8-9,11H2,1-4H3. The largest absolute Gasteiger partial charge is 0.491 e. The van der Waals surface area contributed by atoms with Gasteiger partial charge in [0.05, 0.1) is 12.2 Å². The van der Waals surface area contributed by atoms with E-state index < -0.39 is 0 Å². The third-order valence-corrected chi connectivity index (χ3v) is 3.56. The van der Waals surface area contributed by atoms with Crippen molar-refractivity contribution in [1.29, 1.82) is 0 Å². The molecule has 0 amide bonds. The molecule has 0 aromatic heterocycles. The highest BCUT2D eigenvalue weighted by Gasteiger charge is 2.29. The van der Waals surface area contributed by atoms with Gasteiger partial charge in [-0.2, -0.15) is 0 Å². The first kappa shape index (κ1) is 15.3. The van der Waals surface area contributed by atoms with Crippen molar-refractivity contribution < 1.29 is 9.47 Å². The fraction of sp³-hybridized carbons (Fsp3) is 0.647. The van der Waals surface area contributed by atoms with Gasteiger partial charge in [-0.15, -0.1) is 0 Å². The second-order valence-corrected chi connectivity index (χ2v) is 6.14. The smallest absolute Gasteiger partial charge is 0.120 e. The Morgan fingerprint density at radius 2 is 2.10 bits per heavy atom. The molecular formula is C17H27NO2. The molecular weight excluding hydrogens is 250 g/mol. The molecule has 1 aromatic carbocycles. The summed E-state index contributed by atoms with van der Waals surface area (Å²) in [5.74, 6) is 1.48. The van der Waals surface area contributed by atoms with Crippen LogP contribution in [0.25, 0.3) is 0 Å². The molecule has 1 saturated heterocycles. The Bertz CT molecular complexity index is 417. The average Bonchev–Trinajstić information content (AvgIpc) is 2.84. The number of hydrogen-bond donors (Lipinski definition) is 1. The van der Waals surface area contributed by atoms with Gasteiger partial charge < -0.3 is 14.8 Å². The van der Waals surface area contributed by atoms with E-state index in [-0.39, 0.29) is 12.2 Å². The molecule has 0 spiro atoms. The summed E-state index contributed by atoms with van der Waals surface area (Å²) < 4.78 is 11.7. The van der Waals surface area contributed by atoms with Crippen molar-refractivity contribution in [2.24, 2.45) is 5.92 Å². The molecule has 1 fully saturated rings. The normalized spacial score (nSPS) is 22.7. The number of rotatable bonds is 6. The lowest BCUT2D eigenvalue weighted by Gasteiger charge is -2.21. The molecule has 1 aliphatic heterocycles. The molecule has 1 aromatic rings. The number of benzene rings is 1. The number of ether oxygens (including phenoxy) is 2. The minimum absolute atomic E-state index is 0.192. The molecule has 1 aliphatic rings. The maximum atomic E-state index is 5.95. The highest BCUT2D eigenvalue weighted by atomic mass is 16.5. The molecule has 1 heterocycles. The van der Waals surface area contributed by atoms with Crippen LogP contribution in [0.15, 0.2) is 24.3 Å². The van der Waals surface area contributed by atoms with E-state index in [9.17, 15) is 0 Å². The van der Waals surface area contributed by atoms with E-state index in [0.29, 0.717) is 12.0 Å². The Kier molecular flexibility index (Phi) is 5.44. The third kappa shape index (κ3) is 4.22. The van der Waals surface area contributed by atoms with Crippen molar-refractivity contribution in [2.45, 2.75) is 52.4 Å². The average molecular weight is 277 g/mol. The van der Waals surface area contributed by atoms with Crippen molar-refractivity contribution in [3.05, 3.63) is 29.8 Å². The topological polar surface area (TPSA) is 30.5 Å². The lowest BCUT2D eigenvalue weighted by molar-refractivity contribution is 0.0897. The quantitative estimate of drug-likeness (QED) is 0.862. The van der Waals surface area contributed by atoms with Crippen LogP contribution in [0.3, 0.4) is 0 Å². The van der Waals surface area contributed by atoms with E-state index in [0.717, 1.165) is 25.3 Å². The zero-order valence-corrected chi connectivity index (χ0v) is 13.1. The van der Waals surface area contributed by atoms with E-state index >= 15 is 0 Å². The molecule has 2 unspecified atom stereocenters. The Morgan fingerprint density at radius 3 is 2.80 bits per heavy atom. The van der Waals surface area contributed by atoms with Crippen molar-refractivity contribution in [3.63, 3.8) is 0 Å². The molecule has 3 nitrogen and oxygen atoms in total. The second-order valence-electron chi connectivity index (χ2n) is 6.14. The van der Waals surface area contributed by atoms with Crippen LogP contribution in [0.4, 0.5) is 0 Å². The predicted octanol–water partition coefficient (Wildman–Crippen LogP) is 3.55. The van der Waals surface area contributed by atoms with Gasteiger partial charge in [-0.3, -0.25) is 0 Å². The third-order valence-electron chi connectivity index (χ3n) is 3.56. The van der Waals surface area contributed by atoms with Crippen LogP contribution in [0, 0.1) is 5.92 Å². The van der Waals surface area contributed by atoms with Crippen LogP contribution in [0.1, 0.15) is 45.8 Å². The number of hydrogen-bond acceptors (Lipinski definition) is 3. The van der Waals surface area contributed by atoms with Crippen molar-refractivity contribution in [3.8, 4) is 5.75 Å². The van der Waals surface area contributed by atoms with Gasteiger partial charge in [0.15, 0.2) is 0 Å². The first-order valence-corrected chi connectivity index (χ1v) is 7.68. The summed E-state index contributed by atoms with van der Waals surface area (Å²) in [7, 11) is 0. The van der Waals surface area contributed by atoms with Gasteiger partial charge in [-0.1, -0.05) is 26.0 Å². The van der Waals surface area contributed by atoms with Crippen LogP contribution in [-0.2, 0) is 4.74 Å². The summed E-state index contributed by atoms with van der Waals surface area (Å²) in [5.41, 5.74) is 1.23. The molecule has 20 heavy (non-hydrogen) atoms. The molecule has 0 aliphatic carbocycles. The SMILES string of the molecule is CC(C)NCC1CCOC1c1cccc(OC(C)C)c1. The highest BCUT2D eigenvalue weighted by molar-refractivity contribution is 5.31. The van der Waals surface area contributed by atoms with Crippen LogP contribution >= 0.6 is 0 Å². The summed E-state index contributed by atoms with van der Waals surface area (Å²) in [6.07, 6.45) is 1.52. The van der Waals surface area contributed by atoms with Gasteiger partial charge >= 0.3 is 0 Å². The minimum Gasteiger partial charge on any atom is -0.491 e. The Labute approximate surface area is 122 Å². The van der Waals surface area contributed by atoms with E-state index in [2.05, 4.69) is 37.4 Å². The Morgan fingerprint density at radius 1 is 1.30 bits per heavy atom. The summed E-state index contributed by atoms with van der Waals surface area (Å²) in [5, 5.41) is 3.52. The molecule has 112 valence electrons. The lowest BCUT2D eigenvalue weighted by Crippen LogP contribution is -2.30. The van der Waals surface area contributed by atoms with Gasteiger partial charge in [0, 0.05) is 25.1 Å². The monoisotopic (exact) mass is 277 g/mol. The van der Waals surface area contributed by atoms with Crippen LogP contribution < -0.4 is 10.1 Å². The zero-order valence-electron chi connectivity index (χ0n) is 13.1. The first-order chi connectivity index (χ1) is 9.56. The summed E-state index contributed by atoms with van der Waals surface area (Å²) in [4.78, 5) is 0. The fourth-order valence-corrected chi connectivity index (χ4v) is 2.64. The Balaban J connectivity index is 2.05. The molecule has 0 saturated carbocycles. The highest BCUT2D eigenvalue weighted by Crippen LogP contribution is 2.35. The van der Waals surface area contributed by atoms with Gasteiger partial charge in [-0.05, 0) is 38.0 Å². The minimum atomic E-state index is 0.192. The van der Waals surface area contributed by atoms with Crippen LogP contribution in [-0.4, -0.2) is 25.3 Å². The maximum Gasteiger partial charge on any atom is 0.120 e. The lowest BCUT2D eigenvalue weighted by atomic mass is 9.95. The predicted molar refractivity (Wildman–Crippen MR) is 82.1 cm³/mol. The summed E-state index contributed by atoms with van der Waals surface area (Å²) in [6, 6.07) is 8.86. The summed E-state index contributed by atoms with van der Waals surface area (Å²) >= 11 is 0. The van der Waals surface area contributed by atoms with Gasteiger partial charge in [0.1, 0.15) is 5.75 Å².